The Labute approximate surface area is 294 Å². The van der Waals surface area contributed by atoms with Gasteiger partial charge < -0.3 is 25.1 Å². The first-order valence-corrected chi connectivity index (χ1v) is 18.4. The van der Waals surface area contributed by atoms with Gasteiger partial charge in [-0.1, -0.05) is 18.0 Å². The van der Waals surface area contributed by atoms with Crippen molar-refractivity contribution < 1.29 is 14.0 Å². The van der Waals surface area contributed by atoms with Crippen LogP contribution in [0.1, 0.15) is 102 Å². The smallest absolute Gasteiger partial charge is 0.254 e. The molecule has 3 fully saturated rings. The molecule has 258 valence electrons. The average Bonchev–Trinajstić information content (AvgIpc) is 3.72. The minimum atomic E-state index is -0.432. The summed E-state index contributed by atoms with van der Waals surface area (Å²) in [5.74, 6) is 0.330. The first-order valence-electron chi connectivity index (χ1n) is 18.0. The SMILES string of the molecule is C[C@H]1NC(=O)c2ccc(Cl)nc2CCCCCn2c(-c3nc4cc(C(=O)N5CC[C@H]6CC[C@@H]5[C@@H]6N)cc(F)c4n3C3CC3)cc3ccc1nc32. The van der Waals surface area contributed by atoms with Crippen LogP contribution in [0, 0.1) is 11.7 Å². The number of fused-ring (bicyclic) bond motifs is 5. The molecule has 1 aromatic carbocycles. The summed E-state index contributed by atoms with van der Waals surface area (Å²) in [6.07, 6.45) is 7.92. The molecule has 0 radical (unpaired) electrons. The van der Waals surface area contributed by atoms with E-state index in [1.165, 1.54) is 6.07 Å². The quantitative estimate of drug-likeness (QED) is 0.202. The van der Waals surface area contributed by atoms with Gasteiger partial charge in [0.15, 0.2) is 5.82 Å². The van der Waals surface area contributed by atoms with E-state index in [1.807, 2.05) is 28.5 Å². The van der Waals surface area contributed by atoms with E-state index in [9.17, 15) is 9.59 Å². The summed E-state index contributed by atoms with van der Waals surface area (Å²) in [4.78, 5) is 43.8. The van der Waals surface area contributed by atoms with Crippen LogP contribution in [0.15, 0.2) is 42.5 Å². The third-order valence-corrected chi connectivity index (χ3v) is 11.6. The van der Waals surface area contributed by atoms with Crippen molar-refractivity contribution in [1.82, 2.24) is 34.3 Å². The number of piperidine rings is 1. The molecule has 50 heavy (non-hydrogen) atoms. The van der Waals surface area contributed by atoms with Crippen LogP contribution in [0.5, 0.6) is 0 Å². The number of hydrogen-bond donors (Lipinski definition) is 2. The van der Waals surface area contributed by atoms with Gasteiger partial charge in [-0.15, -0.1) is 0 Å². The Morgan fingerprint density at radius 3 is 2.68 bits per heavy atom. The number of imidazole rings is 1. The fourth-order valence-electron chi connectivity index (χ4n) is 8.60. The highest BCUT2D eigenvalue weighted by Gasteiger charge is 2.43. The minimum absolute atomic E-state index is 0.00143. The number of amides is 2. The fraction of sp³-hybridized carbons (Fsp3) is 0.447. The van der Waals surface area contributed by atoms with E-state index in [0.717, 1.165) is 73.8 Å². The van der Waals surface area contributed by atoms with E-state index in [2.05, 4.69) is 20.9 Å². The first kappa shape index (κ1) is 31.6. The van der Waals surface area contributed by atoms with Crippen LogP contribution < -0.4 is 11.1 Å². The maximum Gasteiger partial charge on any atom is 0.254 e. The molecule has 12 heteroatoms. The number of aromatic nitrogens is 5. The number of carbonyl (C=O) groups excluding carboxylic acids is 2. The monoisotopic (exact) mass is 694 g/mol. The van der Waals surface area contributed by atoms with Gasteiger partial charge >= 0.3 is 0 Å². The lowest BCUT2D eigenvalue weighted by Crippen LogP contribution is -2.53. The summed E-state index contributed by atoms with van der Waals surface area (Å²) in [6, 6.07) is 12.4. The van der Waals surface area contributed by atoms with E-state index in [4.69, 9.17) is 27.3 Å². The second-order valence-electron chi connectivity index (χ2n) is 14.6. The molecule has 4 aliphatic rings. The van der Waals surface area contributed by atoms with Gasteiger partial charge in [-0.05, 0) is 107 Å². The zero-order valence-corrected chi connectivity index (χ0v) is 28.8. The Bertz CT molecular complexity index is 2190. The van der Waals surface area contributed by atoms with Crippen LogP contribution in [0.3, 0.4) is 0 Å². The third-order valence-electron chi connectivity index (χ3n) is 11.4. The normalized spacial score (nSPS) is 24.1. The van der Waals surface area contributed by atoms with Gasteiger partial charge in [0, 0.05) is 42.2 Å². The molecule has 6 heterocycles. The van der Waals surface area contributed by atoms with Crippen LogP contribution in [0.25, 0.3) is 33.6 Å². The van der Waals surface area contributed by atoms with Crippen molar-refractivity contribution in [2.24, 2.45) is 11.7 Å². The summed E-state index contributed by atoms with van der Waals surface area (Å²) in [6.45, 7) is 3.26. The molecular weight excluding hydrogens is 655 g/mol. The van der Waals surface area contributed by atoms with Crippen molar-refractivity contribution in [3.63, 3.8) is 0 Å². The fourth-order valence-corrected chi connectivity index (χ4v) is 8.77. The van der Waals surface area contributed by atoms with Crippen molar-refractivity contribution in [2.45, 2.75) is 95.4 Å². The Morgan fingerprint density at radius 1 is 0.980 bits per heavy atom. The molecule has 1 saturated heterocycles. The van der Waals surface area contributed by atoms with Gasteiger partial charge in [0.1, 0.15) is 22.1 Å². The number of carbonyl (C=O) groups is 2. The number of hydrogen-bond acceptors (Lipinski definition) is 6. The maximum absolute atomic E-state index is 16.3. The number of aryl methyl sites for hydroxylation is 2. The summed E-state index contributed by atoms with van der Waals surface area (Å²) in [5, 5.41) is 4.42. The van der Waals surface area contributed by atoms with Gasteiger partial charge in [-0.25, -0.2) is 19.3 Å². The number of pyridine rings is 2. The van der Waals surface area contributed by atoms with Crippen LogP contribution >= 0.6 is 11.6 Å². The molecule has 4 bridgehead atoms. The Morgan fingerprint density at radius 2 is 1.84 bits per heavy atom. The average molecular weight is 695 g/mol. The molecule has 2 aliphatic carbocycles. The van der Waals surface area contributed by atoms with Crippen LogP contribution in [0.4, 0.5) is 4.39 Å². The molecule has 2 aliphatic heterocycles. The molecule has 0 unspecified atom stereocenters. The van der Waals surface area contributed by atoms with Gasteiger partial charge in [0.05, 0.1) is 34.2 Å². The molecule has 10 nitrogen and oxygen atoms in total. The lowest BCUT2D eigenvalue weighted by Gasteiger charge is -2.37. The number of nitrogens with one attached hydrogen (secondary N) is 1. The Kier molecular flexibility index (Phi) is 7.69. The van der Waals surface area contributed by atoms with Gasteiger partial charge in [0.25, 0.3) is 11.8 Å². The highest BCUT2D eigenvalue weighted by Crippen LogP contribution is 2.44. The highest BCUT2D eigenvalue weighted by molar-refractivity contribution is 6.29. The zero-order chi connectivity index (χ0) is 34.3. The number of halogens is 2. The molecule has 4 aromatic heterocycles. The zero-order valence-electron chi connectivity index (χ0n) is 28.0. The van der Waals surface area contributed by atoms with Crippen LogP contribution in [0.2, 0.25) is 5.15 Å². The van der Waals surface area contributed by atoms with E-state index >= 15 is 4.39 Å². The summed E-state index contributed by atoms with van der Waals surface area (Å²) in [7, 11) is 0. The molecule has 3 N–H and O–H groups in total. The van der Waals surface area contributed by atoms with Crippen LogP contribution in [-0.4, -0.2) is 59.4 Å². The van der Waals surface area contributed by atoms with E-state index in [1.54, 1.807) is 18.2 Å². The summed E-state index contributed by atoms with van der Waals surface area (Å²) >= 11 is 6.23. The largest absolute Gasteiger partial charge is 0.344 e. The molecular formula is C38H40ClFN8O2. The Balaban J connectivity index is 1.12. The molecule has 5 aromatic rings. The Hall–Kier alpha value is -4.35. The topological polar surface area (TPSA) is 124 Å². The number of rotatable bonds is 3. The van der Waals surface area contributed by atoms with Crippen molar-refractivity contribution in [1.29, 1.82) is 0 Å². The van der Waals surface area contributed by atoms with E-state index < -0.39 is 5.82 Å². The standard InChI is InChI=1S/C38H40ClFN8O2/c1-20-27-11-6-22-19-31(46(35(22)44-27)15-4-2-3-5-28-25(37(49)42-20)10-13-32(39)43-28)36-45-29-18-23(17-26(40)34(29)48(36)24-8-9-24)38(50)47-16-14-21-7-12-30(47)33(21)41/h6,10-11,13,17-21,24,30,33H,2-5,7-9,12,14-16,41H2,1H3,(H,42,49)/t20-,21-,30-,33-/m1/s1. The molecule has 9 rings (SSSR count). The van der Waals surface area contributed by atoms with Gasteiger partial charge in [-0.2, -0.15) is 0 Å². The van der Waals surface area contributed by atoms with E-state index in [-0.39, 0.29) is 36.0 Å². The third kappa shape index (κ3) is 5.28. The maximum atomic E-state index is 16.3. The molecule has 4 atom stereocenters. The number of nitrogens with two attached hydrogens (primary N) is 1. The molecule has 2 saturated carbocycles. The van der Waals surface area contributed by atoms with Gasteiger partial charge in [0.2, 0.25) is 0 Å². The van der Waals surface area contributed by atoms with E-state index in [0.29, 0.717) is 64.3 Å². The van der Waals surface area contributed by atoms with Crippen molar-refractivity contribution in [3.05, 3.63) is 75.9 Å². The summed E-state index contributed by atoms with van der Waals surface area (Å²) in [5.41, 5.74) is 11.3. The number of benzene rings is 1. The molecule has 0 spiro atoms. The molecule has 2 amide bonds. The van der Waals surface area contributed by atoms with Crippen molar-refractivity contribution in [2.75, 3.05) is 6.54 Å². The highest BCUT2D eigenvalue weighted by atomic mass is 35.5. The second kappa shape index (κ2) is 12.2. The first-order chi connectivity index (χ1) is 24.2. The van der Waals surface area contributed by atoms with Crippen molar-refractivity contribution in [3.8, 4) is 11.5 Å². The lowest BCUT2D eigenvalue weighted by atomic mass is 9.93. The number of nitrogens with zero attached hydrogens (tertiary/aromatic N) is 6. The lowest BCUT2D eigenvalue weighted by molar-refractivity contribution is 0.0595. The predicted molar refractivity (Wildman–Crippen MR) is 190 cm³/mol. The predicted octanol–water partition coefficient (Wildman–Crippen LogP) is 6.74. The van der Waals surface area contributed by atoms with Crippen molar-refractivity contribution >= 4 is 45.5 Å². The number of likely N-dealkylation sites (tertiary alicyclic amines) is 1. The van der Waals surface area contributed by atoms with Crippen LogP contribution in [-0.2, 0) is 13.0 Å². The second-order valence-corrected chi connectivity index (χ2v) is 15.0. The van der Waals surface area contributed by atoms with Gasteiger partial charge in [-0.3, -0.25) is 9.59 Å². The minimum Gasteiger partial charge on any atom is -0.344 e. The summed E-state index contributed by atoms with van der Waals surface area (Å²) < 4.78 is 20.5.